The molecule has 2 unspecified atom stereocenters. The van der Waals surface area contributed by atoms with Gasteiger partial charge in [0.2, 0.25) is 5.95 Å². The predicted octanol–water partition coefficient (Wildman–Crippen LogP) is 3.36. The zero-order chi connectivity index (χ0) is 25.3. The monoisotopic (exact) mass is 498 g/mol. The molecule has 2 saturated heterocycles. The number of hydrogen-bond donors (Lipinski definition) is 2. The Morgan fingerprint density at radius 2 is 1.89 bits per heavy atom. The molecule has 1 aromatic heterocycles. The van der Waals surface area contributed by atoms with E-state index >= 15 is 0 Å². The number of likely N-dealkylation sites (tertiary alicyclic amines) is 1. The Morgan fingerprint density at radius 1 is 1.11 bits per heavy atom. The molecule has 4 bridgehead atoms. The zero-order valence-electron chi connectivity index (χ0n) is 22.0. The quantitative estimate of drug-likeness (QED) is 0.627. The van der Waals surface area contributed by atoms with Gasteiger partial charge in [-0.05, 0) is 118 Å². The van der Waals surface area contributed by atoms with Crippen molar-refractivity contribution in [3.8, 4) is 0 Å². The number of carbonyl (C=O) groups is 1. The van der Waals surface area contributed by atoms with Crippen molar-refractivity contribution in [2.45, 2.75) is 76.3 Å². The summed E-state index contributed by atoms with van der Waals surface area (Å²) in [5.74, 6) is 2.58. The molecule has 6 atom stereocenters. The van der Waals surface area contributed by atoms with E-state index in [9.17, 15) is 4.79 Å². The maximum absolute atomic E-state index is 12.4. The first kappa shape index (κ1) is 22.3. The highest BCUT2D eigenvalue weighted by Crippen LogP contribution is 2.75. The Bertz CT molecular complexity index is 1320. The number of aryl methyl sites for hydroxylation is 2. The number of aromatic nitrogens is 2. The molecule has 4 N–H and O–H groups in total. The van der Waals surface area contributed by atoms with Crippen LogP contribution < -0.4 is 16.4 Å². The van der Waals surface area contributed by atoms with E-state index in [0.29, 0.717) is 35.2 Å². The Balaban J connectivity index is 1.30. The van der Waals surface area contributed by atoms with Gasteiger partial charge in [-0.25, -0.2) is 9.97 Å². The van der Waals surface area contributed by atoms with Crippen molar-refractivity contribution in [1.29, 1.82) is 0 Å². The van der Waals surface area contributed by atoms with Crippen LogP contribution in [0.2, 0.25) is 0 Å². The number of amides is 1. The third-order valence-corrected chi connectivity index (χ3v) is 11.4. The summed E-state index contributed by atoms with van der Waals surface area (Å²) in [6.45, 7) is 7.62. The fraction of sp³-hybridized carbons (Fsp3) is 0.633. The van der Waals surface area contributed by atoms with E-state index in [1.54, 1.807) is 0 Å². The molecular weight excluding hydrogens is 460 g/mol. The predicted molar refractivity (Wildman–Crippen MR) is 143 cm³/mol. The summed E-state index contributed by atoms with van der Waals surface area (Å²) in [5, 5.41) is 0. The van der Waals surface area contributed by atoms with E-state index in [4.69, 9.17) is 21.4 Å². The highest BCUT2D eigenvalue weighted by atomic mass is 16.1. The Labute approximate surface area is 219 Å². The van der Waals surface area contributed by atoms with Crippen LogP contribution in [0, 0.1) is 37.0 Å². The fourth-order valence-electron chi connectivity index (χ4n) is 10.3. The van der Waals surface area contributed by atoms with Gasteiger partial charge in [-0.3, -0.25) is 9.69 Å². The highest BCUT2D eigenvalue weighted by molar-refractivity contribution is 5.98. The van der Waals surface area contributed by atoms with Gasteiger partial charge in [-0.15, -0.1) is 0 Å². The lowest BCUT2D eigenvalue weighted by Gasteiger charge is -2.66. The third kappa shape index (κ3) is 2.79. The molecule has 6 aliphatic rings. The van der Waals surface area contributed by atoms with Crippen molar-refractivity contribution in [2.24, 2.45) is 28.9 Å². The Hall–Kier alpha value is -2.67. The van der Waals surface area contributed by atoms with Crippen LogP contribution in [-0.4, -0.2) is 52.5 Å². The number of carbonyl (C=O) groups excluding carboxylic acids is 1. The summed E-state index contributed by atoms with van der Waals surface area (Å²) in [4.78, 5) is 27.7. The van der Waals surface area contributed by atoms with Gasteiger partial charge in [-0.1, -0.05) is 0 Å². The van der Waals surface area contributed by atoms with Crippen molar-refractivity contribution in [3.05, 3.63) is 46.3 Å². The summed E-state index contributed by atoms with van der Waals surface area (Å²) < 4.78 is 0. The Morgan fingerprint density at radius 3 is 2.62 bits per heavy atom. The maximum atomic E-state index is 12.4. The zero-order valence-corrected chi connectivity index (χ0v) is 22.0. The summed E-state index contributed by atoms with van der Waals surface area (Å²) in [6, 6.07) is 7.33. The molecule has 0 spiro atoms. The number of anilines is 2. The van der Waals surface area contributed by atoms with Crippen LogP contribution in [0.1, 0.15) is 71.4 Å². The van der Waals surface area contributed by atoms with E-state index in [1.807, 2.05) is 0 Å². The van der Waals surface area contributed by atoms with Gasteiger partial charge in [0.1, 0.15) is 0 Å². The molecule has 3 saturated carbocycles. The van der Waals surface area contributed by atoms with E-state index < -0.39 is 5.91 Å². The summed E-state index contributed by atoms with van der Waals surface area (Å²) in [6.07, 6.45) is 8.74. The molecule has 1 amide bonds. The first-order chi connectivity index (χ1) is 17.8. The van der Waals surface area contributed by atoms with E-state index in [2.05, 4.69) is 41.8 Å². The molecule has 1 aromatic carbocycles. The first-order valence-electron chi connectivity index (χ1n) is 14.4. The third-order valence-electron chi connectivity index (χ3n) is 11.4. The summed E-state index contributed by atoms with van der Waals surface area (Å²) >= 11 is 0. The minimum absolute atomic E-state index is 0.0738. The van der Waals surface area contributed by atoms with Gasteiger partial charge < -0.3 is 16.4 Å². The molecule has 37 heavy (non-hydrogen) atoms. The minimum atomic E-state index is -0.407. The Kier molecular flexibility index (Phi) is 4.37. The van der Waals surface area contributed by atoms with E-state index in [0.717, 1.165) is 42.8 Å². The average Bonchev–Trinajstić information content (AvgIpc) is 3.53. The molecule has 0 radical (unpaired) electrons. The first-order valence-corrected chi connectivity index (χ1v) is 14.4. The molecular formula is C30H38N6O. The molecule has 5 fully saturated rings. The molecule has 2 aromatic rings. The number of rotatable bonds is 4. The standard InChI is InChI=1S/C30H38N6O/c1-16-9-17(2)34-28(33-16)36-15-20-13-29-6-5-24(36)26(20)30(29)7-8-35(14-18-3-4-18)25(29)11-19-10-23(31)21(27(32)37)12-22(19)30/h9-10,12,18,20,24-26H,3-8,11,13-15,31H2,1-2H3,(H2,32,37)/t20-,24?,25-,26?,29-,30+/m1/s1. The number of nitrogen functional groups attached to an aromatic ring is 1. The number of hydrogen-bond acceptors (Lipinski definition) is 6. The van der Waals surface area contributed by atoms with Gasteiger partial charge in [-0.2, -0.15) is 0 Å². The molecule has 7 heteroatoms. The minimum Gasteiger partial charge on any atom is -0.398 e. The molecule has 2 aliphatic heterocycles. The maximum Gasteiger partial charge on any atom is 0.250 e. The van der Waals surface area contributed by atoms with E-state index in [1.165, 1.54) is 56.2 Å². The van der Waals surface area contributed by atoms with Gasteiger partial charge in [0, 0.05) is 47.7 Å². The van der Waals surface area contributed by atoms with Gasteiger partial charge in [0.05, 0.1) is 5.56 Å². The number of benzene rings is 1. The topological polar surface area (TPSA) is 101 Å². The number of nitrogens with zero attached hydrogens (tertiary/aromatic N) is 4. The normalized spacial score (nSPS) is 37.4. The van der Waals surface area contributed by atoms with Crippen LogP contribution in [0.15, 0.2) is 18.2 Å². The van der Waals surface area contributed by atoms with E-state index in [-0.39, 0.29) is 10.8 Å². The van der Waals surface area contributed by atoms with Crippen LogP contribution in [0.5, 0.6) is 0 Å². The molecule has 3 heterocycles. The van der Waals surface area contributed by atoms with Crippen LogP contribution in [0.4, 0.5) is 11.6 Å². The average molecular weight is 499 g/mol. The number of nitrogens with two attached hydrogens (primary N) is 2. The lowest BCUT2D eigenvalue weighted by Crippen LogP contribution is -2.70. The second kappa shape index (κ2) is 7.25. The molecule has 8 rings (SSSR count). The van der Waals surface area contributed by atoms with Crippen molar-refractivity contribution in [2.75, 3.05) is 30.3 Å². The van der Waals surface area contributed by atoms with Crippen LogP contribution in [0.25, 0.3) is 0 Å². The van der Waals surface area contributed by atoms with Gasteiger partial charge >= 0.3 is 0 Å². The number of fused-ring (bicyclic) bond motifs is 1. The second-order valence-corrected chi connectivity index (χ2v) is 13.2. The largest absolute Gasteiger partial charge is 0.398 e. The van der Waals surface area contributed by atoms with Crippen LogP contribution >= 0.6 is 0 Å². The van der Waals surface area contributed by atoms with Gasteiger partial charge in [0.25, 0.3) is 5.91 Å². The van der Waals surface area contributed by atoms with Crippen molar-refractivity contribution in [3.63, 3.8) is 0 Å². The smallest absolute Gasteiger partial charge is 0.250 e. The number of piperidine rings is 1. The van der Waals surface area contributed by atoms with Crippen molar-refractivity contribution < 1.29 is 4.79 Å². The van der Waals surface area contributed by atoms with Crippen molar-refractivity contribution in [1.82, 2.24) is 14.9 Å². The molecule has 194 valence electrons. The molecule has 4 aliphatic carbocycles. The van der Waals surface area contributed by atoms with Crippen molar-refractivity contribution >= 4 is 17.5 Å². The lowest BCUT2D eigenvalue weighted by atomic mass is 9.43. The summed E-state index contributed by atoms with van der Waals surface area (Å²) in [7, 11) is 0. The van der Waals surface area contributed by atoms with Gasteiger partial charge in [0.15, 0.2) is 0 Å². The summed E-state index contributed by atoms with van der Waals surface area (Å²) in [5.41, 5.74) is 18.5. The van der Waals surface area contributed by atoms with Crippen LogP contribution in [0.3, 0.4) is 0 Å². The lowest BCUT2D eigenvalue weighted by molar-refractivity contribution is -0.0920. The SMILES string of the molecule is Cc1cc(C)nc(N2C[C@H]3C[C@@]45CCC2C3[C@@]42CCN(CC3CC3)[C@@H]5Cc3cc(N)c(C(N)=O)cc32)n1. The highest BCUT2D eigenvalue weighted by Gasteiger charge is 2.76. The van der Waals surface area contributed by atoms with Crippen LogP contribution in [-0.2, 0) is 11.8 Å². The fourth-order valence-corrected chi connectivity index (χ4v) is 10.3. The second-order valence-electron chi connectivity index (χ2n) is 13.2. The number of primary amides is 1. The molecule has 7 nitrogen and oxygen atoms in total.